The van der Waals surface area contributed by atoms with Crippen molar-refractivity contribution < 1.29 is 9.18 Å². The second-order valence-corrected chi connectivity index (χ2v) is 4.70. The average molecular weight is 251 g/mol. The van der Waals surface area contributed by atoms with Gasteiger partial charge in [-0.3, -0.25) is 0 Å². The molecule has 1 aromatic carbocycles. The Labute approximate surface area is 106 Å². The van der Waals surface area contributed by atoms with Crippen LogP contribution in [0.25, 0.3) is 0 Å². The fourth-order valence-electron chi connectivity index (χ4n) is 2.29. The SMILES string of the molecule is CC1CNCC(C)N1C(=O)Nc1cccc(F)c1. The van der Waals surface area contributed by atoms with E-state index in [0.29, 0.717) is 5.69 Å². The number of carbonyl (C=O) groups excluding carboxylic acids is 1. The zero-order chi connectivity index (χ0) is 13.1. The maximum atomic E-state index is 13.0. The van der Waals surface area contributed by atoms with E-state index in [0.717, 1.165) is 13.1 Å². The van der Waals surface area contributed by atoms with Crippen molar-refractivity contribution in [3.05, 3.63) is 30.1 Å². The number of piperazine rings is 1. The second-order valence-electron chi connectivity index (χ2n) is 4.70. The lowest BCUT2D eigenvalue weighted by molar-refractivity contribution is 0.143. The summed E-state index contributed by atoms with van der Waals surface area (Å²) in [5, 5.41) is 5.99. The van der Waals surface area contributed by atoms with Gasteiger partial charge < -0.3 is 15.5 Å². The van der Waals surface area contributed by atoms with Crippen molar-refractivity contribution in [1.29, 1.82) is 0 Å². The molecule has 0 saturated carbocycles. The van der Waals surface area contributed by atoms with Crippen molar-refractivity contribution in [2.45, 2.75) is 25.9 Å². The summed E-state index contributed by atoms with van der Waals surface area (Å²) in [7, 11) is 0. The monoisotopic (exact) mass is 251 g/mol. The summed E-state index contributed by atoms with van der Waals surface area (Å²) < 4.78 is 13.0. The molecule has 0 aromatic heterocycles. The molecule has 2 rings (SSSR count). The Bertz CT molecular complexity index is 428. The number of hydrogen-bond donors (Lipinski definition) is 2. The van der Waals surface area contributed by atoms with Crippen molar-refractivity contribution in [3.8, 4) is 0 Å². The Hall–Kier alpha value is -1.62. The lowest BCUT2D eigenvalue weighted by atomic mass is 10.1. The van der Waals surface area contributed by atoms with E-state index in [9.17, 15) is 9.18 Å². The van der Waals surface area contributed by atoms with Crippen molar-refractivity contribution in [1.82, 2.24) is 10.2 Å². The van der Waals surface area contributed by atoms with E-state index >= 15 is 0 Å². The molecule has 1 fully saturated rings. The average Bonchev–Trinajstić information content (AvgIpc) is 2.28. The van der Waals surface area contributed by atoms with Gasteiger partial charge in [-0.2, -0.15) is 0 Å². The van der Waals surface area contributed by atoms with Crippen LogP contribution in [0.4, 0.5) is 14.9 Å². The molecule has 1 aliphatic heterocycles. The number of nitrogens with one attached hydrogen (secondary N) is 2. The molecule has 4 nitrogen and oxygen atoms in total. The van der Waals surface area contributed by atoms with E-state index in [1.807, 2.05) is 13.8 Å². The number of amides is 2. The molecule has 1 aromatic rings. The van der Waals surface area contributed by atoms with Gasteiger partial charge in [0.1, 0.15) is 5.82 Å². The highest BCUT2D eigenvalue weighted by Gasteiger charge is 2.28. The quantitative estimate of drug-likeness (QED) is 0.802. The molecule has 1 heterocycles. The first-order chi connectivity index (χ1) is 8.58. The van der Waals surface area contributed by atoms with Gasteiger partial charge in [0.05, 0.1) is 0 Å². The summed E-state index contributed by atoms with van der Waals surface area (Å²) in [6.07, 6.45) is 0. The number of urea groups is 1. The molecular formula is C13H18FN3O. The number of nitrogens with zero attached hydrogens (tertiary/aromatic N) is 1. The van der Waals surface area contributed by atoms with Gasteiger partial charge in [-0.25, -0.2) is 9.18 Å². The minimum absolute atomic E-state index is 0.127. The normalized spacial score (nSPS) is 23.8. The van der Waals surface area contributed by atoms with Crippen LogP contribution in [-0.4, -0.2) is 36.1 Å². The summed E-state index contributed by atoms with van der Waals surface area (Å²) >= 11 is 0. The van der Waals surface area contributed by atoms with Crippen LogP contribution in [0.15, 0.2) is 24.3 Å². The third-order valence-electron chi connectivity index (χ3n) is 3.14. The molecule has 2 unspecified atom stereocenters. The van der Waals surface area contributed by atoms with Crippen LogP contribution in [0.3, 0.4) is 0 Å². The molecular weight excluding hydrogens is 233 g/mol. The topological polar surface area (TPSA) is 44.4 Å². The summed E-state index contributed by atoms with van der Waals surface area (Å²) in [6.45, 7) is 5.55. The number of carbonyl (C=O) groups is 1. The molecule has 0 radical (unpaired) electrons. The fraction of sp³-hybridized carbons (Fsp3) is 0.462. The van der Waals surface area contributed by atoms with Gasteiger partial charge in [0.25, 0.3) is 0 Å². The first kappa shape index (κ1) is 12.8. The molecule has 1 aliphatic rings. The Morgan fingerprint density at radius 1 is 1.39 bits per heavy atom. The van der Waals surface area contributed by atoms with Gasteiger partial charge in [0.15, 0.2) is 0 Å². The van der Waals surface area contributed by atoms with Crippen LogP contribution in [-0.2, 0) is 0 Å². The molecule has 0 bridgehead atoms. The van der Waals surface area contributed by atoms with E-state index in [1.165, 1.54) is 12.1 Å². The third-order valence-corrected chi connectivity index (χ3v) is 3.14. The molecule has 1 saturated heterocycles. The van der Waals surface area contributed by atoms with Gasteiger partial charge in [0.2, 0.25) is 0 Å². The highest BCUT2D eigenvalue weighted by molar-refractivity contribution is 5.89. The second kappa shape index (κ2) is 5.35. The van der Waals surface area contributed by atoms with E-state index in [1.54, 1.807) is 17.0 Å². The molecule has 2 N–H and O–H groups in total. The van der Waals surface area contributed by atoms with Gasteiger partial charge in [0, 0.05) is 30.9 Å². The third kappa shape index (κ3) is 2.79. The first-order valence-electron chi connectivity index (χ1n) is 6.13. The lowest BCUT2D eigenvalue weighted by Crippen LogP contribution is -2.58. The van der Waals surface area contributed by atoms with E-state index in [-0.39, 0.29) is 23.9 Å². The van der Waals surface area contributed by atoms with Crippen LogP contribution in [0.2, 0.25) is 0 Å². The van der Waals surface area contributed by atoms with E-state index in [4.69, 9.17) is 0 Å². The van der Waals surface area contributed by atoms with Crippen molar-refractivity contribution in [2.75, 3.05) is 18.4 Å². The zero-order valence-electron chi connectivity index (χ0n) is 10.6. The van der Waals surface area contributed by atoms with Gasteiger partial charge in [-0.05, 0) is 32.0 Å². The zero-order valence-corrected chi connectivity index (χ0v) is 10.6. The molecule has 2 amide bonds. The number of hydrogen-bond acceptors (Lipinski definition) is 2. The van der Waals surface area contributed by atoms with Crippen LogP contribution in [0.5, 0.6) is 0 Å². The van der Waals surface area contributed by atoms with Gasteiger partial charge in [-0.15, -0.1) is 0 Å². The minimum Gasteiger partial charge on any atom is -0.317 e. The van der Waals surface area contributed by atoms with Crippen molar-refractivity contribution >= 4 is 11.7 Å². The Morgan fingerprint density at radius 2 is 2.06 bits per heavy atom. The predicted octanol–water partition coefficient (Wildman–Crippen LogP) is 2.04. The summed E-state index contributed by atoms with van der Waals surface area (Å²) in [4.78, 5) is 14.0. The Balaban J connectivity index is 2.07. The molecule has 0 spiro atoms. The number of anilines is 1. The van der Waals surface area contributed by atoms with E-state index in [2.05, 4.69) is 10.6 Å². The fourth-order valence-corrected chi connectivity index (χ4v) is 2.29. The van der Waals surface area contributed by atoms with E-state index < -0.39 is 0 Å². The molecule has 18 heavy (non-hydrogen) atoms. The highest BCUT2D eigenvalue weighted by atomic mass is 19.1. The highest BCUT2D eigenvalue weighted by Crippen LogP contribution is 2.14. The Kier molecular flexibility index (Phi) is 3.81. The van der Waals surface area contributed by atoms with Crippen LogP contribution in [0, 0.1) is 5.82 Å². The standard InChI is InChI=1S/C13H18FN3O/c1-9-7-15-8-10(2)17(9)13(18)16-12-5-3-4-11(14)6-12/h3-6,9-10,15H,7-8H2,1-2H3,(H,16,18). The number of benzene rings is 1. The van der Waals surface area contributed by atoms with Crippen molar-refractivity contribution in [2.24, 2.45) is 0 Å². The number of halogens is 1. The number of rotatable bonds is 1. The van der Waals surface area contributed by atoms with Gasteiger partial charge >= 0.3 is 6.03 Å². The molecule has 98 valence electrons. The maximum absolute atomic E-state index is 13.0. The van der Waals surface area contributed by atoms with Gasteiger partial charge in [-0.1, -0.05) is 6.07 Å². The summed E-state index contributed by atoms with van der Waals surface area (Å²) in [5.41, 5.74) is 0.484. The molecule has 0 aliphatic carbocycles. The largest absolute Gasteiger partial charge is 0.322 e. The minimum atomic E-state index is -0.353. The van der Waals surface area contributed by atoms with Crippen molar-refractivity contribution in [3.63, 3.8) is 0 Å². The predicted molar refractivity (Wildman–Crippen MR) is 69.1 cm³/mol. The molecule has 2 atom stereocenters. The summed E-state index contributed by atoms with van der Waals surface area (Å²) in [6, 6.07) is 6.00. The first-order valence-corrected chi connectivity index (χ1v) is 6.13. The van der Waals surface area contributed by atoms with Crippen LogP contribution >= 0.6 is 0 Å². The lowest BCUT2D eigenvalue weighted by Gasteiger charge is -2.39. The Morgan fingerprint density at radius 3 is 2.67 bits per heavy atom. The smallest absolute Gasteiger partial charge is 0.317 e. The summed E-state index contributed by atoms with van der Waals surface area (Å²) in [5.74, 6) is -0.353. The van der Waals surface area contributed by atoms with Crippen LogP contribution < -0.4 is 10.6 Å². The maximum Gasteiger partial charge on any atom is 0.322 e. The molecule has 5 heteroatoms. The van der Waals surface area contributed by atoms with Crippen LogP contribution in [0.1, 0.15) is 13.8 Å².